The lowest BCUT2D eigenvalue weighted by Gasteiger charge is -2.22. The molecule has 1 saturated heterocycles. The molecule has 1 aliphatic rings. The van der Waals surface area contributed by atoms with E-state index in [0.717, 1.165) is 37.6 Å². The maximum Gasteiger partial charge on any atom is 0.213 e. The Balaban J connectivity index is 1.95. The molecule has 0 saturated carbocycles. The summed E-state index contributed by atoms with van der Waals surface area (Å²) in [5, 5.41) is 3.16. The number of nitrogens with zero attached hydrogens (tertiary/aromatic N) is 1. The summed E-state index contributed by atoms with van der Waals surface area (Å²) in [6.07, 6.45) is 4.66. The first-order valence-corrected chi connectivity index (χ1v) is 7.20. The SMILES string of the molecule is CCc1cc(CNC)cc(OCC2CCCCO2)n1. The summed E-state index contributed by atoms with van der Waals surface area (Å²) in [6.45, 7) is 4.42. The number of pyridine rings is 1. The smallest absolute Gasteiger partial charge is 0.213 e. The molecule has 1 unspecified atom stereocenters. The van der Waals surface area contributed by atoms with Crippen molar-refractivity contribution in [3.8, 4) is 5.88 Å². The van der Waals surface area contributed by atoms with Gasteiger partial charge in [-0.3, -0.25) is 0 Å². The first kappa shape index (κ1) is 14.3. The van der Waals surface area contributed by atoms with Crippen LogP contribution in [0.15, 0.2) is 12.1 Å². The molecular weight excluding hydrogens is 240 g/mol. The van der Waals surface area contributed by atoms with Crippen LogP contribution in [0.1, 0.15) is 37.4 Å². The largest absolute Gasteiger partial charge is 0.475 e. The average molecular weight is 264 g/mol. The van der Waals surface area contributed by atoms with E-state index in [9.17, 15) is 0 Å². The van der Waals surface area contributed by atoms with Crippen LogP contribution in [0.2, 0.25) is 0 Å². The van der Waals surface area contributed by atoms with Gasteiger partial charge in [0.25, 0.3) is 0 Å². The minimum absolute atomic E-state index is 0.230. The topological polar surface area (TPSA) is 43.4 Å². The highest BCUT2D eigenvalue weighted by Crippen LogP contribution is 2.17. The Hall–Kier alpha value is -1.13. The summed E-state index contributed by atoms with van der Waals surface area (Å²) >= 11 is 0. The first-order chi connectivity index (χ1) is 9.31. The van der Waals surface area contributed by atoms with Crippen LogP contribution in [0, 0.1) is 0 Å². The van der Waals surface area contributed by atoms with E-state index in [1.165, 1.54) is 18.4 Å². The molecule has 2 heterocycles. The number of nitrogens with one attached hydrogen (secondary N) is 1. The fourth-order valence-electron chi connectivity index (χ4n) is 2.30. The zero-order chi connectivity index (χ0) is 13.5. The number of ether oxygens (including phenoxy) is 2. The van der Waals surface area contributed by atoms with E-state index in [-0.39, 0.29) is 6.10 Å². The molecule has 0 aliphatic carbocycles. The van der Waals surface area contributed by atoms with Crippen molar-refractivity contribution in [3.63, 3.8) is 0 Å². The van der Waals surface area contributed by atoms with E-state index in [2.05, 4.69) is 23.3 Å². The van der Waals surface area contributed by atoms with Gasteiger partial charge < -0.3 is 14.8 Å². The van der Waals surface area contributed by atoms with Crippen molar-refractivity contribution in [2.75, 3.05) is 20.3 Å². The highest BCUT2D eigenvalue weighted by molar-refractivity contribution is 5.25. The normalized spacial score (nSPS) is 19.4. The van der Waals surface area contributed by atoms with Gasteiger partial charge in [-0.15, -0.1) is 0 Å². The molecule has 4 nitrogen and oxygen atoms in total. The van der Waals surface area contributed by atoms with E-state index in [0.29, 0.717) is 6.61 Å². The number of hydrogen-bond acceptors (Lipinski definition) is 4. The lowest BCUT2D eigenvalue weighted by Crippen LogP contribution is -2.26. The van der Waals surface area contributed by atoms with Crippen molar-refractivity contribution in [1.82, 2.24) is 10.3 Å². The lowest BCUT2D eigenvalue weighted by molar-refractivity contribution is -0.0119. The van der Waals surface area contributed by atoms with Crippen LogP contribution in [0.3, 0.4) is 0 Å². The summed E-state index contributed by atoms with van der Waals surface area (Å²) in [7, 11) is 1.95. The second kappa shape index (κ2) is 7.46. The van der Waals surface area contributed by atoms with E-state index in [1.54, 1.807) is 0 Å². The predicted molar refractivity (Wildman–Crippen MR) is 75.5 cm³/mol. The third-order valence-electron chi connectivity index (χ3n) is 3.35. The molecule has 0 aromatic carbocycles. The fraction of sp³-hybridized carbons (Fsp3) is 0.667. The van der Waals surface area contributed by atoms with Crippen LogP contribution in [-0.4, -0.2) is 31.3 Å². The Labute approximate surface area is 115 Å². The van der Waals surface area contributed by atoms with Crippen molar-refractivity contribution < 1.29 is 9.47 Å². The van der Waals surface area contributed by atoms with E-state index in [4.69, 9.17) is 9.47 Å². The molecule has 2 rings (SSSR count). The molecule has 19 heavy (non-hydrogen) atoms. The van der Waals surface area contributed by atoms with Gasteiger partial charge in [-0.05, 0) is 44.4 Å². The number of aryl methyl sites for hydroxylation is 1. The molecule has 4 heteroatoms. The van der Waals surface area contributed by atoms with Gasteiger partial charge in [-0.2, -0.15) is 0 Å². The Morgan fingerprint density at radius 1 is 1.42 bits per heavy atom. The molecule has 1 aromatic rings. The van der Waals surface area contributed by atoms with Crippen LogP contribution in [0.4, 0.5) is 0 Å². The van der Waals surface area contributed by atoms with Gasteiger partial charge in [0.2, 0.25) is 5.88 Å². The summed E-state index contributed by atoms with van der Waals surface area (Å²) < 4.78 is 11.5. The van der Waals surface area contributed by atoms with Gasteiger partial charge in [-0.1, -0.05) is 6.92 Å². The number of aromatic nitrogens is 1. The quantitative estimate of drug-likeness (QED) is 0.856. The lowest BCUT2D eigenvalue weighted by atomic mass is 10.1. The minimum atomic E-state index is 0.230. The molecule has 1 aliphatic heterocycles. The second-order valence-electron chi connectivity index (χ2n) is 4.99. The third kappa shape index (κ3) is 4.48. The van der Waals surface area contributed by atoms with Crippen molar-refractivity contribution >= 4 is 0 Å². The van der Waals surface area contributed by atoms with Crippen LogP contribution in [0.25, 0.3) is 0 Å². The van der Waals surface area contributed by atoms with Crippen molar-refractivity contribution in [1.29, 1.82) is 0 Å². The summed E-state index contributed by atoms with van der Waals surface area (Å²) in [5.41, 5.74) is 2.29. The molecule has 1 atom stereocenters. The third-order valence-corrected chi connectivity index (χ3v) is 3.35. The molecule has 1 fully saturated rings. The van der Waals surface area contributed by atoms with Crippen molar-refractivity contribution in [2.45, 2.75) is 45.3 Å². The van der Waals surface area contributed by atoms with Crippen LogP contribution >= 0.6 is 0 Å². The standard InChI is InChI=1S/C15H24N2O2/c1-3-13-8-12(10-16-2)9-15(17-13)19-11-14-6-4-5-7-18-14/h8-9,14,16H,3-7,10-11H2,1-2H3. The Kier molecular flexibility index (Phi) is 5.61. The van der Waals surface area contributed by atoms with E-state index >= 15 is 0 Å². The maximum absolute atomic E-state index is 5.81. The van der Waals surface area contributed by atoms with Crippen LogP contribution in [-0.2, 0) is 17.7 Å². The van der Waals surface area contributed by atoms with E-state index < -0.39 is 0 Å². The molecule has 1 N–H and O–H groups in total. The van der Waals surface area contributed by atoms with E-state index in [1.807, 2.05) is 13.1 Å². The molecule has 0 bridgehead atoms. The van der Waals surface area contributed by atoms with Gasteiger partial charge in [0.05, 0.1) is 6.10 Å². The summed E-state index contributed by atoms with van der Waals surface area (Å²) in [6, 6.07) is 4.14. The molecule has 0 spiro atoms. The summed E-state index contributed by atoms with van der Waals surface area (Å²) in [5.74, 6) is 0.721. The predicted octanol–water partition coefficient (Wildman–Crippen LogP) is 2.31. The molecule has 0 amide bonds. The Morgan fingerprint density at radius 2 is 2.32 bits per heavy atom. The Morgan fingerprint density at radius 3 is 3.00 bits per heavy atom. The second-order valence-corrected chi connectivity index (χ2v) is 4.99. The van der Waals surface area contributed by atoms with Gasteiger partial charge >= 0.3 is 0 Å². The number of rotatable bonds is 6. The first-order valence-electron chi connectivity index (χ1n) is 7.20. The summed E-state index contributed by atoms with van der Waals surface area (Å²) in [4.78, 5) is 4.51. The molecule has 1 aromatic heterocycles. The zero-order valence-corrected chi connectivity index (χ0v) is 11.9. The molecule has 0 radical (unpaired) electrons. The molecule has 106 valence electrons. The molecular formula is C15H24N2O2. The average Bonchev–Trinajstić information content (AvgIpc) is 2.46. The van der Waals surface area contributed by atoms with Gasteiger partial charge in [0.1, 0.15) is 6.61 Å². The highest BCUT2D eigenvalue weighted by Gasteiger charge is 2.15. The van der Waals surface area contributed by atoms with Crippen molar-refractivity contribution in [2.24, 2.45) is 0 Å². The van der Waals surface area contributed by atoms with Gasteiger partial charge in [-0.25, -0.2) is 4.98 Å². The van der Waals surface area contributed by atoms with Crippen LogP contribution in [0.5, 0.6) is 5.88 Å². The highest BCUT2D eigenvalue weighted by atomic mass is 16.5. The van der Waals surface area contributed by atoms with Crippen LogP contribution < -0.4 is 10.1 Å². The monoisotopic (exact) mass is 264 g/mol. The van der Waals surface area contributed by atoms with Gasteiger partial charge in [0, 0.05) is 24.9 Å². The maximum atomic E-state index is 5.81. The minimum Gasteiger partial charge on any atom is -0.475 e. The van der Waals surface area contributed by atoms with Gasteiger partial charge in [0.15, 0.2) is 0 Å². The van der Waals surface area contributed by atoms with Crippen molar-refractivity contribution in [3.05, 3.63) is 23.4 Å². The fourth-order valence-corrected chi connectivity index (χ4v) is 2.30. The Bertz CT molecular complexity index is 390. The number of hydrogen-bond donors (Lipinski definition) is 1. The zero-order valence-electron chi connectivity index (χ0n) is 11.9.